The third-order valence-electron chi connectivity index (χ3n) is 3.80. The maximum atomic E-state index is 14.0. The lowest BCUT2D eigenvalue weighted by Gasteiger charge is -2.43. The van der Waals surface area contributed by atoms with E-state index in [0.29, 0.717) is 0 Å². The maximum Gasteiger partial charge on any atom is 0.389 e. The van der Waals surface area contributed by atoms with Crippen molar-refractivity contribution >= 4 is 38.9 Å². The first-order valence-electron chi connectivity index (χ1n) is 9.47. The highest BCUT2D eigenvalue weighted by atomic mass is 28.5. The van der Waals surface area contributed by atoms with E-state index in [1.807, 2.05) is 39.3 Å². The molecule has 0 saturated carbocycles. The highest BCUT2D eigenvalue weighted by Gasteiger charge is 2.50. The Balaban J connectivity index is 3.49. The van der Waals surface area contributed by atoms with Crippen molar-refractivity contribution < 1.29 is 38.7 Å². The van der Waals surface area contributed by atoms with Crippen LogP contribution in [0.5, 0.6) is 0 Å². The Kier molecular flexibility index (Phi) is 8.45. The van der Waals surface area contributed by atoms with Gasteiger partial charge in [-0.15, -0.1) is 0 Å². The zero-order valence-corrected chi connectivity index (χ0v) is 22.6. The molecule has 3 nitrogen and oxygen atoms in total. The maximum absolute atomic E-state index is 14.0. The molecule has 1 aromatic rings. The fourth-order valence-electron chi connectivity index (χ4n) is 3.09. The molecule has 0 aliphatic heterocycles. The third kappa shape index (κ3) is 8.96. The van der Waals surface area contributed by atoms with Gasteiger partial charge in [0.2, 0.25) is 0 Å². The normalized spacial score (nSPS) is 17.5. The SMILES string of the molecule is C[Si](C)(C)O[Si](C)(CCC(F)(F)F)O[Si](C)(O[Si](C)(C)C)c1cc(F)c(F)c(F)c1. The Morgan fingerprint density at radius 1 is 0.733 bits per heavy atom. The van der Waals surface area contributed by atoms with E-state index < -0.39 is 63.8 Å². The standard InChI is InChI=1S/C17H30F6O3Si4/c1-27(2,3)24-29(7,10-9-17(21,22)23)26-30(8,25-28(4,5)6)13-11-14(18)16(20)15(19)12-13/h11-12H,9-10H2,1-8H3. The summed E-state index contributed by atoms with van der Waals surface area (Å²) in [6, 6.07) is 1.22. The summed E-state index contributed by atoms with van der Waals surface area (Å²) in [5.41, 5.74) is 0. The Morgan fingerprint density at radius 3 is 1.53 bits per heavy atom. The predicted octanol–water partition coefficient (Wildman–Crippen LogP) is 6.13. The summed E-state index contributed by atoms with van der Waals surface area (Å²) >= 11 is 0. The Bertz CT molecular complexity index is 727. The van der Waals surface area contributed by atoms with E-state index in [1.54, 1.807) is 0 Å². The zero-order chi connectivity index (χ0) is 23.8. The van der Waals surface area contributed by atoms with Crippen molar-refractivity contribution in [3.8, 4) is 0 Å². The highest BCUT2D eigenvalue weighted by Crippen LogP contribution is 2.32. The van der Waals surface area contributed by atoms with Crippen LogP contribution in [-0.2, 0) is 12.3 Å². The molecule has 0 saturated heterocycles. The molecule has 0 spiro atoms. The van der Waals surface area contributed by atoms with Crippen molar-refractivity contribution in [2.45, 2.75) is 71.0 Å². The van der Waals surface area contributed by atoms with Crippen molar-refractivity contribution in [1.29, 1.82) is 0 Å². The average molecular weight is 509 g/mol. The fourth-order valence-corrected chi connectivity index (χ4v) is 20.6. The molecule has 0 N–H and O–H groups in total. The molecule has 0 heterocycles. The second-order valence-corrected chi connectivity index (χ2v) is 25.6. The predicted molar refractivity (Wildman–Crippen MR) is 115 cm³/mol. The Labute approximate surface area is 178 Å². The largest absolute Gasteiger partial charge is 0.437 e. The van der Waals surface area contributed by atoms with Gasteiger partial charge in [0, 0.05) is 6.42 Å². The van der Waals surface area contributed by atoms with Crippen LogP contribution in [0.1, 0.15) is 6.42 Å². The quantitative estimate of drug-likeness (QED) is 0.228. The number of rotatable bonds is 9. The van der Waals surface area contributed by atoms with Crippen LogP contribution in [0.2, 0.25) is 58.4 Å². The van der Waals surface area contributed by atoms with Gasteiger partial charge in [0.25, 0.3) is 0 Å². The number of hydrogen-bond acceptors (Lipinski definition) is 3. The van der Waals surface area contributed by atoms with E-state index >= 15 is 0 Å². The molecule has 0 aliphatic carbocycles. The van der Waals surface area contributed by atoms with E-state index in [0.717, 1.165) is 12.1 Å². The summed E-state index contributed by atoms with van der Waals surface area (Å²) in [6.45, 7) is 14.0. The first-order chi connectivity index (χ1) is 13.1. The lowest BCUT2D eigenvalue weighted by atomic mass is 10.3. The summed E-state index contributed by atoms with van der Waals surface area (Å²) in [6.07, 6.45) is -5.52. The van der Waals surface area contributed by atoms with Crippen LogP contribution < -0.4 is 5.19 Å². The van der Waals surface area contributed by atoms with Crippen molar-refractivity contribution in [2.75, 3.05) is 0 Å². The lowest BCUT2D eigenvalue weighted by Crippen LogP contribution is -2.64. The van der Waals surface area contributed by atoms with Gasteiger partial charge in [0.15, 0.2) is 34.1 Å². The molecule has 0 amide bonds. The minimum atomic E-state index is -4.41. The zero-order valence-electron chi connectivity index (χ0n) is 18.6. The number of benzene rings is 1. The van der Waals surface area contributed by atoms with Crippen molar-refractivity contribution in [3.05, 3.63) is 29.6 Å². The molecule has 1 aromatic carbocycles. The smallest absolute Gasteiger partial charge is 0.389 e. The molecule has 0 aliphatic rings. The van der Waals surface area contributed by atoms with Crippen LogP contribution >= 0.6 is 0 Å². The monoisotopic (exact) mass is 508 g/mol. The second-order valence-electron chi connectivity index (χ2n) is 9.48. The van der Waals surface area contributed by atoms with E-state index in [4.69, 9.17) is 12.3 Å². The number of alkyl halides is 3. The molecule has 1 rings (SSSR count). The van der Waals surface area contributed by atoms with E-state index in [-0.39, 0.29) is 11.2 Å². The average Bonchev–Trinajstić information content (AvgIpc) is 2.45. The molecule has 0 fully saturated rings. The van der Waals surface area contributed by atoms with Gasteiger partial charge >= 0.3 is 23.3 Å². The summed E-state index contributed by atoms with van der Waals surface area (Å²) in [7, 11) is -11.9. The minimum Gasteiger partial charge on any atom is -0.437 e. The fraction of sp³-hybridized carbons (Fsp3) is 0.647. The van der Waals surface area contributed by atoms with Gasteiger partial charge in [0.1, 0.15) is 0 Å². The van der Waals surface area contributed by atoms with Crippen molar-refractivity contribution in [2.24, 2.45) is 0 Å². The summed E-state index contributed by atoms with van der Waals surface area (Å²) < 4.78 is 98.9. The molecule has 0 radical (unpaired) electrons. The number of halogens is 6. The molecule has 0 aromatic heterocycles. The third-order valence-corrected chi connectivity index (χ3v) is 17.8. The summed E-state index contributed by atoms with van der Waals surface area (Å²) in [5, 5.41) is -0.0220. The van der Waals surface area contributed by atoms with E-state index in [9.17, 15) is 26.3 Å². The Hall–Kier alpha value is -0.452. The van der Waals surface area contributed by atoms with Crippen LogP contribution in [-0.4, -0.2) is 39.9 Å². The van der Waals surface area contributed by atoms with Gasteiger partial charge in [-0.3, -0.25) is 0 Å². The highest BCUT2D eigenvalue weighted by molar-refractivity contribution is 6.95. The van der Waals surface area contributed by atoms with Gasteiger partial charge in [-0.2, -0.15) is 13.2 Å². The number of hydrogen-bond donors (Lipinski definition) is 0. The molecule has 13 heteroatoms. The first-order valence-corrected chi connectivity index (χ1v) is 21.1. The van der Waals surface area contributed by atoms with Crippen LogP contribution in [0.3, 0.4) is 0 Å². The molecule has 30 heavy (non-hydrogen) atoms. The second kappa shape index (κ2) is 9.19. The van der Waals surface area contributed by atoms with Crippen LogP contribution in [0.25, 0.3) is 0 Å². The van der Waals surface area contributed by atoms with Gasteiger partial charge in [0.05, 0.1) is 0 Å². The van der Waals surface area contributed by atoms with Crippen LogP contribution in [0.4, 0.5) is 26.3 Å². The lowest BCUT2D eigenvalue weighted by molar-refractivity contribution is -0.131. The topological polar surface area (TPSA) is 27.7 Å². The summed E-state index contributed by atoms with van der Waals surface area (Å²) in [4.78, 5) is 0. The molecule has 174 valence electrons. The molecule has 2 atom stereocenters. The van der Waals surface area contributed by atoms with Gasteiger partial charge in [-0.1, -0.05) is 0 Å². The Morgan fingerprint density at radius 2 is 1.17 bits per heavy atom. The van der Waals surface area contributed by atoms with Gasteiger partial charge in [-0.25, -0.2) is 13.2 Å². The first kappa shape index (κ1) is 27.6. The molecular formula is C17H30F6O3Si4. The van der Waals surface area contributed by atoms with Crippen LogP contribution in [0, 0.1) is 17.5 Å². The van der Waals surface area contributed by atoms with Gasteiger partial charge in [-0.05, 0) is 75.7 Å². The van der Waals surface area contributed by atoms with Gasteiger partial charge < -0.3 is 12.3 Å². The minimum absolute atomic E-state index is 0.0220. The summed E-state index contributed by atoms with van der Waals surface area (Å²) in [5.74, 6) is -4.44. The molecule has 2 unspecified atom stereocenters. The molecular weight excluding hydrogens is 479 g/mol. The van der Waals surface area contributed by atoms with Crippen molar-refractivity contribution in [3.63, 3.8) is 0 Å². The van der Waals surface area contributed by atoms with Crippen LogP contribution in [0.15, 0.2) is 12.1 Å². The van der Waals surface area contributed by atoms with E-state index in [1.165, 1.54) is 13.1 Å². The van der Waals surface area contributed by atoms with Crippen molar-refractivity contribution in [1.82, 2.24) is 0 Å². The molecule has 0 bridgehead atoms. The van der Waals surface area contributed by atoms with E-state index in [2.05, 4.69) is 0 Å².